The highest BCUT2D eigenvalue weighted by Gasteiger charge is 2.45. The molecular formula is C54H68N10O7S. The van der Waals surface area contributed by atoms with Crippen LogP contribution in [-0.4, -0.2) is 120 Å². The van der Waals surface area contributed by atoms with Crippen molar-refractivity contribution in [2.45, 2.75) is 110 Å². The van der Waals surface area contributed by atoms with Gasteiger partial charge >= 0.3 is 0 Å². The zero-order valence-electron chi connectivity index (χ0n) is 42.6. The number of nitrogens with one attached hydrogen (secondary N) is 3. The molecule has 2 fully saturated rings. The van der Waals surface area contributed by atoms with Gasteiger partial charge in [-0.3, -0.25) is 19.2 Å². The first-order valence-electron chi connectivity index (χ1n) is 24.9. The molecule has 18 heteroatoms. The first-order valence-corrected chi connectivity index (χ1v) is 25.8. The van der Waals surface area contributed by atoms with Gasteiger partial charge in [0.1, 0.15) is 23.5 Å². The monoisotopic (exact) mass is 1000 g/mol. The minimum absolute atomic E-state index is 0.0163. The summed E-state index contributed by atoms with van der Waals surface area (Å²) in [5, 5.41) is 20.0. The van der Waals surface area contributed by atoms with Crippen LogP contribution >= 0.6 is 11.3 Å². The maximum atomic E-state index is 14.2. The predicted octanol–water partition coefficient (Wildman–Crippen LogP) is 7.93. The number of aryl methyl sites for hydroxylation is 1. The van der Waals surface area contributed by atoms with Crippen molar-refractivity contribution in [3.05, 3.63) is 95.3 Å². The molecule has 0 aliphatic carbocycles. The lowest BCUT2D eigenvalue weighted by atomic mass is 9.85. The molecule has 4 atom stereocenters. The number of rotatable bonds is 17. The first kappa shape index (κ1) is 51.7. The van der Waals surface area contributed by atoms with E-state index in [9.17, 15) is 24.3 Å². The van der Waals surface area contributed by atoms with Crippen molar-refractivity contribution in [1.29, 1.82) is 0 Å². The number of methoxy groups -OCH3 is 1. The second kappa shape index (κ2) is 22.4. The second-order valence-corrected chi connectivity index (χ2v) is 21.0. The number of aromatic nitrogens is 3. The summed E-state index contributed by atoms with van der Waals surface area (Å²) in [6.45, 7) is 11.8. The molecule has 0 spiro atoms. The van der Waals surface area contributed by atoms with Crippen molar-refractivity contribution in [1.82, 2.24) is 30.5 Å². The molecule has 382 valence electrons. The molecule has 72 heavy (non-hydrogen) atoms. The van der Waals surface area contributed by atoms with Gasteiger partial charge in [-0.25, -0.2) is 9.97 Å². The molecule has 0 radical (unpaired) electrons. The number of benzene rings is 3. The number of nitrogens with zero attached hydrogens (tertiary/aromatic N) is 7. The topological polar surface area (TPSA) is 195 Å². The quantitative estimate of drug-likeness (QED) is 0.0657. The van der Waals surface area contributed by atoms with E-state index in [-0.39, 0.29) is 55.2 Å². The molecule has 0 bridgehead atoms. The summed E-state index contributed by atoms with van der Waals surface area (Å²) in [6, 6.07) is 19.4. The van der Waals surface area contributed by atoms with Crippen molar-refractivity contribution in [2.75, 3.05) is 67.5 Å². The number of hydrogen-bond donors (Lipinski definition) is 4. The van der Waals surface area contributed by atoms with E-state index in [0.29, 0.717) is 47.5 Å². The van der Waals surface area contributed by atoms with Gasteiger partial charge in [0, 0.05) is 64.9 Å². The van der Waals surface area contributed by atoms with Crippen LogP contribution < -0.4 is 35.4 Å². The van der Waals surface area contributed by atoms with Crippen LogP contribution in [-0.2, 0) is 19.1 Å². The summed E-state index contributed by atoms with van der Waals surface area (Å²) in [4.78, 5) is 76.5. The summed E-state index contributed by atoms with van der Waals surface area (Å²) in [7, 11) is 5.26. The Balaban J connectivity index is 0.760. The van der Waals surface area contributed by atoms with Crippen molar-refractivity contribution in [2.24, 2.45) is 5.41 Å². The maximum Gasteiger partial charge on any atom is 0.260 e. The Bertz CT molecular complexity index is 2740. The highest BCUT2D eigenvalue weighted by molar-refractivity contribution is 7.13. The molecule has 0 unspecified atom stereocenters. The zero-order chi connectivity index (χ0) is 51.3. The Morgan fingerprint density at radius 1 is 0.931 bits per heavy atom. The summed E-state index contributed by atoms with van der Waals surface area (Å²) in [5.41, 5.74) is 7.84. The van der Waals surface area contributed by atoms with E-state index in [1.165, 1.54) is 4.90 Å². The number of amides is 4. The number of carbonyl (C=O) groups is 4. The second-order valence-electron chi connectivity index (χ2n) is 20.1. The normalized spacial score (nSPS) is 18.0. The highest BCUT2D eigenvalue weighted by atomic mass is 32.1. The van der Waals surface area contributed by atoms with E-state index in [0.717, 1.165) is 71.8 Å². The lowest BCUT2D eigenvalue weighted by Gasteiger charge is -2.35. The number of hydrogen-bond acceptors (Lipinski definition) is 14. The van der Waals surface area contributed by atoms with Crippen LogP contribution in [0.25, 0.3) is 10.4 Å². The van der Waals surface area contributed by atoms with E-state index in [4.69, 9.17) is 14.5 Å². The third-order valence-corrected chi connectivity index (χ3v) is 14.9. The molecule has 17 nitrogen and oxygen atoms in total. The Morgan fingerprint density at radius 2 is 1.68 bits per heavy atom. The summed E-state index contributed by atoms with van der Waals surface area (Å²) in [6.07, 6.45) is 5.32. The smallest absolute Gasteiger partial charge is 0.260 e. The van der Waals surface area contributed by atoms with Crippen molar-refractivity contribution in [3.63, 3.8) is 0 Å². The summed E-state index contributed by atoms with van der Waals surface area (Å²) < 4.78 is 12.1. The molecule has 3 aliphatic heterocycles. The minimum atomic E-state index is -0.880. The Hall–Kier alpha value is -6.63. The fourth-order valence-corrected chi connectivity index (χ4v) is 10.5. The molecule has 8 rings (SSSR count). The van der Waals surface area contributed by atoms with Crippen LogP contribution in [0.15, 0.2) is 78.4 Å². The maximum absolute atomic E-state index is 14.2. The van der Waals surface area contributed by atoms with Gasteiger partial charge in [0.25, 0.3) is 5.91 Å². The summed E-state index contributed by atoms with van der Waals surface area (Å²) in [5.74, 6) is 0.554. The molecule has 3 aromatic carbocycles. The van der Waals surface area contributed by atoms with Crippen molar-refractivity contribution in [3.8, 4) is 16.2 Å². The van der Waals surface area contributed by atoms with E-state index in [2.05, 4.69) is 36.9 Å². The SMILES string of the molecule is COc1cc(N2CCC(OCCCCCC(=O)N[C@H](C(=O)N3C[C@H](O)C[C@H]3C(=O)N[C@@H](C)c3ccc(-c4scnc4C)cc3)C(C)(C)C)CC2)ccc1Nc1ncc2c(n1)N(C)c1ccccc1C(=O)N2C. The third-order valence-electron chi connectivity index (χ3n) is 13.9. The molecular weight excluding hydrogens is 933 g/mol. The zero-order valence-corrected chi connectivity index (χ0v) is 43.4. The van der Waals surface area contributed by atoms with Crippen LogP contribution in [0.5, 0.6) is 5.75 Å². The Labute approximate surface area is 426 Å². The van der Waals surface area contributed by atoms with Gasteiger partial charge in [-0.1, -0.05) is 63.6 Å². The predicted molar refractivity (Wildman–Crippen MR) is 282 cm³/mol. The molecule has 2 aromatic heterocycles. The number of anilines is 6. The number of fused-ring (bicyclic) bond motifs is 2. The summed E-state index contributed by atoms with van der Waals surface area (Å²) >= 11 is 1.58. The lowest BCUT2D eigenvalue weighted by Crippen LogP contribution is -2.57. The number of likely N-dealkylation sites (tertiary alicyclic amines) is 1. The van der Waals surface area contributed by atoms with Crippen LogP contribution in [0.2, 0.25) is 0 Å². The molecule has 4 N–H and O–H groups in total. The number of aliphatic hydroxyl groups excluding tert-OH is 1. The number of β-amino-alcohol motifs (C(OH)–C–C–N with tert-alkyl or cyclic N) is 1. The number of ether oxygens (including phenoxy) is 2. The third kappa shape index (κ3) is 11.7. The van der Waals surface area contributed by atoms with E-state index in [1.807, 2.05) is 113 Å². The molecule has 0 saturated carbocycles. The van der Waals surface area contributed by atoms with Gasteiger partial charge < -0.3 is 50.1 Å². The van der Waals surface area contributed by atoms with Crippen LogP contribution in [0, 0.1) is 12.3 Å². The van der Waals surface area contributed by atoms with Gasteiger partial charge in [-0.15, -0.1) is 11.3 Å². The van der Waals surface area contributed by atoms with Crippen LogP contribution in [0.4, 0.5) is 34.5 Å². The number of thiazole rings is 1. The number of para-hydroxylation sites is 1. The number of aliphatic hydroxyl groups is 1. The van der Waals surface area contributed by atoms with Crippen molar-refractivity contribution >= 4 is 69.5 Å². The van der Waals surface area contributed by atoms with Crippen LogP contribution in [0.1, 0.15) is 100 Å². The molecule has 4 amide bonds. The lowest BCUT2D eigenvalue weighted by molar-refractivity contribution is -0.144. The van der Waals surface area contributed by atoms with Gasteiger partial charge in [0.2, 0.25) is 23.7 Å². The fourth-order valence-electron chi connectivity index (χ4n) is 9.71. The van der Waals surface area contributed by atoms with Gasteiger partial charge in [-0.05, 0) is 80.3 Å². The van der Waals surface area contributed by atoms with Gasteiger partial charge in [0.15, 0.2) is 5.82 Å². The van der Waals surface area contributed by atoms with E-state index < -0.39 is 23.6 Å². The van der Waals surface area contributed by atoms with Crippen molar-refractivity contribution < 1.29 is 33.8 Å². The Morgan fingerprint density at radius 3 is 2.39 bits per heavy atom. The first-order chi connectivity index (χ1) is 34.5. The Kier molecular flexibility index (Phi) is 16.1. The average molecular weight is 1000 g/mol. The van der Waals surface area contributed by atoms with Gasteiger partial charge in [0.05, 0.1) is 64.6 Å². The van der Waals surface area contributed by atoms with E-state index in [1.54, 1.807) is 36.6 Å². The number of unbranched alkanes of at least 4 members (excludes halogenated alkanes) is 2. The highest BCUT2D eigenvalue weighted by Crippen LogP contribution is 2.39. The van der Waals surface area contributed by atoms with E-state index >= 15 is 0 Å². The molecule has 2 saturated heterocycles. The van der Waals surface area contributed by atoms with Crippen LogP contribution in [0.3, 0.4) is 0 Å². The molecule has 5 aromatic rings. The largest absolute Gasteiger partial charge is 0.494 e. The fraction of sp³-hybridized carbons (Fsp3) is 0.463. The standard InChI is InChI=1S/C54H68N10O7S/c1-33(35-17-19-36(20-18-35)47-34(2)56-32-72-47)57-50(67)43-29-38(65)31-64(43)52(69)48(54(3,4)5)59-46(66)16-10-9-13-27-71-39-23-25-63(26-24-39)37-21-22-41(45(28-37)70-8)58-53-55-30-44-49(60-53)61(6)42-15-12-11-14-40(42)51(68)62(44)7/h11-12,14-15,17-22,28,30,32-33,38-39,43,48,65H,9-10,13,16,23-27,29,31H2,1-8H3,(H,57,67)(H,59,66)(H,55,58,60)/t33-,38+,43-,48+/m0/s1. The molecule has 5 heterocycles. The minimum Gasteiger partial charge on any atom is -0.494 e. The van der Waals surface area contributed by atoms with Gasteiger partial charge in [-0.2, -0.15) is 4.98 Å². The number of piperidine rings is 1. The number of carbonyl (C=O) groups excluding carboxylic acids is 4. The average Bonchev–Trinajstić information content (AvgIpc) is 3.99. The molecule has 3 aliphatic rings.